The summed E-state index contributed by atoms with van der Waals surface area (Å²) in [6, 6.07) is 3.33. The average Bonchev–Trinajstić information content (AvgIpc) is 2.34. The molecule has 112 valence electrons. The van der Waals surface area contributed by atoms with Gasteiger partial charge in [0.05, 0.1) is 11.5 Å². The molecule has 0 spiro atoms. The van der Waals surface area contributed by atoms with Crippen LogP contribution in [0.25, 0.3) is 0 Å². The molecule has 0 aliphatic carbocycles. The lowest BCUT2D eigenvalue weighted by Gasteiger charge is -2.34. The number of rotatable bonds is 5. The van der Waals surface area contributed by atoms with Crippen LogP contribution in [0.15, 0.2) is 35.7 Å². The molecule has 1 N–H and O–H groups in total. The predicted octanol–water partition coefficient (Wildman–Crippen LogP) is 2.29. The van der Waals surface area contributed by atoms with Gasteiger partial charge in [-0.3, -0.25) is 0 Å². The van der Waals surface area contributed by atoms with E-state index in [1.165, 1.54) is 16.4 Å². The maximum atomic E-state index is 13.4. The first kappa shape index (κ1) is 16.8. The standard InChI is InChI=1S/C14H20FNO3S/c1-5-8-16(14(2,3)4)20(18,19)13-9-12(15)7-6-11(13)10-17/h5-7,9,17H,1,8,10H2,2-4H3. The Labute approximate surface area is 119 Å². The third kappa shape index (κ3) is 3.45. The Bertz CT molecular complexity index is 591. The van der Waals surface area contributed by atoms with Gasteiger partial charge < -0.3 is 5.11 Å². The molecule has 0 saturated carbocycles. The van der Waals surface area contributed by atoms with E-state index in [1.54, 1.807) is 20.8 Å². The molecule has 1 rings (SSSR count). The lowest BCUT2D eigenvalue weighted by Crippen LogP contribution is -2.45. The summed E-state index contributed by atoms with van der Waals surface area (Å²) in [5, 5.41) is 9.26. The Kier molecular flexibility index (Phi) is 5.07. The van der Waals surface area contributed by atoms with Crippen LogP contribution in [0.1, 0.15) is 26.3 Å². The maximum Gasteiger partial charge on any atom is 0.244 e. The Hall–Kier alpha value is -1.24. The highest BCUT2D eigenvalue weighted by atomic mass is 32.2. The zero-order chi connectivity index (χ0) is 15.6. The number of sulfonamides is 1. The molecule has 0 aliphatic heterocycles. The minimum Gasteiger partial charge on any atom is -0.392 e. The summed E-state index contributed by atoms with van der Waals surface area (Å²) in [5.41, 5.74) is -0.517. The Morgan fingerprint density at radius 1 is 1.40 bits per heavy atom. The van der Waals surface area contributed by atoms with Crippen LogP contribution >= 0.6 is 0 Å². The van der Waals surface area contributed by atoms with Gasteiger partial charge in [0.2, 0.25) is 10.0 Å². The summed E-state index contributed by atoms with van der Waals surface area (Å²) in [4.78, 5) is -0.211. The highest BCUT2D eigenvalue weighted by Crippen LogP contribution is 2.27. The summed E-state index contributed by atoms with van der Waals surface area (Å²) in [7, 11) is -3.92. The van der Waals surface area contributed by atoms with E-state index in [0.717, 1.165) is 12.1 Å². The average molecular weight is 301 g/mol. The molecule has 1 aromatic rings. The quantitative estimate of drug-likeness (QED) is 0.849. The molecule has 0 aromatic heterocycles. The second kappa shape index (κ2) is 6.03. The number of hydrogen-bond donors (Lipinski definition) is 1. The van der Waals surface area contributed by atoms with Crippen molar-refractivity contribution >= 4 is 10.0 Å². The number of aliphatic hydroxyl groups excluding tert-OH is 1. The number of hydrogen-bond acceptors (Lipinski definition) is 3. The first-order valence-corrected chi connectivity index (χ1v) is 7.61. The number of halogens is 1. The van der Waals surface area contributed by atoms with Crippen molar-refractivity contribution in [3.8, 4) is 0 Å². The van der Waals surface area contributed by atoms with Crippen molar-refractivity contribution in [1.82, 2.24) is 4.31 Å². The lowest BCUT2D eigenvalue weighted by molar-refractivity contribution is 0.264. The largest absolute Gasteiger partial charge is 0.392 e. The third-order valence-electron chi connectivity index (χ3n) is 2.81. The van der Waals surface area contributed by atoms with Crippen LogP contribution in [0, 0.1) is 5.82 Å². The molecule has 0 bridgehead atoms. The van der Waals surface area contributed by atoms with Gasteiger partial charge in [-0.2, -0.15) is 4.31 Å². The molecular weight excluding hydrogens is 281 g/mol. The SMILES string of the molecule is C=CCN(C(C)(C)C)S(=O)(=O)c1cc(F)ccc1CO. The van der Waals surface area contributed by atoms with Crippen LogP contribution in [0.4, 0.5) is 4.39 Å². The van der Waals surface area contributed by atoms with Gasteiger partial charge in [-0.1, -0.05) is 12.1 Å². The normalized spacial score (nSPS) is 12.7. The molecule has 0 aliphatic rings. The molecule has 0 radical (unpaired) electrons. The third-order valence-corrected chi connectivity index (χ3v) is 5.02. The molecule has 6 heteroatoms. The van der Waals surface area contributed by atoms with Crippen LogP contribution in [0.3, 0.4) is 0 Å². The van der Waals surface area contributed by atoms with Crippen molar-refractivity contribution in [2.45, 2.75) is 37.8 Å². The van der Waals surface area contributed by atoms with Crippen molar-refractivity contribution in [2.75, 3.05) is 6.54 Å². The molecule has 0 amide bonds. The van der Waals surface area contributed by atoms with Gasteiger partial charge in [0.1, 0.15) is 5.82 Å². The maximum absolute atomic E-state index is 13.4. The molecule has 0 atom stereocenters. The fraction of sp³-hybridized carbons (Fsp3) is 0.429. The minimum absolute atomic E-state index is 0.104. The summed E-state index contributed by atoms with van der Waals surface area (Å²) in [6.45, 7) is 8.41. The van der Waals surface area contributed by atoms with Gasteiger partial charge in [-0.05, 0) is 38.5 Å². The molecule has 4 nitrogen and oxygen atoms in total. The van der Waals surface area contributed by atoms with Gasteiger partial charge in [-0.25, -0.2) is 12.8 Å². The Balaban J connectivity index is 3.48. The van der Waals surface area contributed by atoms with E-state index in [9.17, 15) is 17.9 Å². The van der Waals surface area contributed by atoms with Crippen LogP contribution < -0.4 is 0 Å². The molecule has 0 heterocycles. The van der Waals surface area contributed by atoms with Crippen LogP contribution in [0.5, 0.6) is 0 Å². The number of aliphatic hydroxyl groups is 1. The lowest BCUT2D eigenvalue weighted by atomic mass is 10.1. The summed E-state index contributed by atoms with van der Waals surface area (Å²) >= 11 is 0. The van der Waals surface area contributed by atoms with E-state index in [1.807, 2.05) is 0 Å². The van der Waals surface area contributed by atoms with Gasteiger partial charge in [0.15, 0.2) is 0 Å². The van der Waals surface area contributed by atoms with E-state index >= 15 is 0 Å². The van der Waals surface area contributed by atoms with Gasteiger partial charge in [0.25, 0.3) is 0 Å². The fourth-order valence-electron chi connectivity index (χ4n) is 1.87. The Morgan fingerprint density at radius 3 is 2.45 bits per heavy atom. The summed E-state index contributed by atoms with van der Waals surface area (Å²) in [6.07, 6.45) is 1.47. The van der Waals surface area contributed by atoms with E-state index in [2.05, 4.69) is 6.58 Å². The molecule has 0 unspecified atom stereocenters. The molecule has 1 aromatic carbocycles. The van der Waals surface area contributed by atoms with E-state index in [-0.39, 0.29) is 17.0 Å². The second-order valence-electron chi connectivity index (χ2n) is 5.41. The molecule has 0 saturated heterocycles. The summed E-state index contributed by atoms with van der Waals surface area (Å²) < 4.78 is 40.0. The van der Waals surface area contributed by atoms with Crippen molar-refractivity contribution in [3.05, 3.63) is 42.2 Å². The molecular formula is C14H20FNO3S. The van der Waals surface area contributed by atoms with Crippen molar-refractivity contribution in [1.29, 1.82) is 0 Å². The summed E-state index contributed by atoms with van der Waals surface area (Å²) in [5.74, 6) is -0.659. The second-order valence-corrected chi connectivity index (χ2v) is 7.24. The first-order valence-electron chi connectivity index (χ1n) is 6.17. The predicted molar refractivity (Wildman–Crippen MR) is 76.2 cm³/mol. The number of nitrogens with zero attached hydrogens (tertiary/aromatic N) is 1. The van der Waals surface area contributed by atoms with Gasteiger partial charge in [0, 0.05) is 12.1 Å². The minimum atomic E-state index is -3.92. The highest BCUT2D eigenvalue weighted by Gasteiger charge is 2.34. The van der Waals surface area contributed by atoms with Crippen molar-refractivity contribution in [2.24, 2.45) is 0 Å². The van der Waals surface area contributed by atoms with Crippen molar-refractivity contribution in [3.63, 3.8) is 0 Å². The molecule has 20 heavy (non-hydrogen) atoms. The van der Waals surface area contributed by atoms with Gasteiger partial charge >= 0.3 is 0 Å². The van der Waals surface area contributed by atoms with Crippen LogP contribution in [-0.4, -0.2) is 29.9 Å². The smallest absolute Gasteiger partial charge is 0.244 e. The van der Waals surface area contributed by atoms with Crippen LogP contribution in [0.2, 0.25) is 0 Å². The van der Waals surface area contributed by atoms with Crippen molar-refractivity contribution < 1.29 is 17.9 Å². The highest BCUT2D eigenvalue weighted by molar-refractivity contribution is 7.89. The monoisotopic (exact) mass is 301 g/mol. The fourth-order valence-corrected chi connectivity index (χ4v) is 3.85. The zero-order valence-electron chi connectivity index (χ0n) is 11.9. The van der Waals surface area contributed by atoms with Gasteiger partial charge in [-0.15, -0.1) is 6.58 Å². The van der Waals surface area contributed by atoms with E-state index in [0.29, 0.717) is 0 Å². The van der Waals surface area contributed by atoms with E-state index < -0.39 is 28.0 Å². The molecule has 0 fully saturated rings. The first-order chi connectivity index (χ1) is 9.14. The topological polar surface area (TPSA) is 57.6 Å². The Morgan fingerprint density at radius 2 is 2.00 bits per heavy atom. The van der Waals surface area contributed by atoms with Crippen LogP contribution in [-0.2, 0) is 16.6 Å². The zero-order valence-corrected chi connectivity index (χ0v) is 12.7. The van der Waals surface area contributed by atoms with E-state index in [4.69, 9.17) is 0 Å². The number of benzene rings is 1.